The smallest absolute Gasteiger partial charge is 0.135 e. The third-order valence-corrected chi connectivity index (χ3v) is 3.35. The monoisotopic (exact) mass is 155 g/mol. The third-order valence-electron chi connectivity index (χ3n) is 3.35. The summed E-state index contributed by atoms with van der Waals surface area (Å²) in [7, 11) is 0. The van der Waals surface area contributed by atoms with Gasteiger partial charge in [-0.1, -0.05) is 6.92 Å². The van der Waals surface area contributed by atoms with Crippen LogP contribution < -0.4 is 0 Å². The normalized spacial score (nSPS) is 30.3. The van der Waals surface area contributed by atoms with Crippen LogP contribution in [0.2, 0.25) is 0 Å². The summed E-state index contributed by atoms with van der Waals surface area (Å²) in [6.07, 6.45) is 2.94. The molecule has 0 unspecified atom stereocenters. The Hall–Kier alpha value is -0.0800. The first kappa shape index (κ1) is 7.56. The SMILES string of the molecule is CCN1CC[N+]2(CCCC2)C1. The van der Waals surface area contributed by atoms with Gasteiger partial charge in [-0.15, -0.1) is 0 Å². The molecule has 0 aliphatic carbocycles. The van der Waals surface area contributed by atoms with E-state index in [1.165, 1.54) is 56.7 Å². The zero-order valence-electron chi connectivity index (χ0n) is 7.55. The molecule has 2 aliphatic heterocycles. The number of rotatable bonds is 1. The van der Waals surface area contributed by atoms with Crippen molar-refractivity contribution in [2.75, 3.05) is 39.4 Å². The molecule has 11 heavy (non-hydrogen) atoms. The van der Waals surface area contributed by atoms with E-state index < -0.39 is 0 Å². The zero-order valence-corrected chi connectivity index (χ0v) is 7.55. The van der Waals surface area contributed by atoms with Gasteiger partial charge < -0.3 is 4.48 Å². The first-order valence-corrected chi connectivity index (χ1v) is 4.92. The lowest BCUT2D eigenvalue weighted by atomic mass is 10.4. The van der Waals surface area contributed by atoms with Crippen molar-refractivity contribution < 1.29 is 4.48 Å². The van der Waals surface area contributed by atoms with Crippen LogP contribution in [-0.2, 0) is 0 Å². The molecule has 2 saturated heterocycles. The molecule has 64 valence electrons. The standard InChI is InChI=1S/C9H19N2/c1-2-10-5-8-11(9-10)6-3-4-7-11/h2-9H2,1H3/q+1. The van der Waals surface area contributed by atoms with Gasteiger partial charge in [0.25, 0.3) is 0 Å². The maximum Gasteiger partial charge on any atom is 0.135 e. The molecule has 0 amide bonds. The minimum atomic E-state index is 1.25. The third kappa shape index (κ3) is 1.30. The van der Waals surface area contributed by atoms with Crippen molar-refractivity contribution >= 4 is 0 Å². The second-order valence-corrected chi connectivity index (χ2v) is 4.07. The van der Waals surface area contributed by atoms with Crippen molar-refractivity contribution in [2.45, 2.75) is 19.8 Å². The van der Waals surface area contributed by atoms with Crippen LogP contribution in [0, 0.1) is 0 Å². The Morgan fingerprint density at radius 1 is 1.18 bits per heavy atom. The van der Waals surface area contributed by atoms with Gasteiger partial charge in [0.1, 0.15) is 6.67 Å². The summed E-state index contributed by atoms with van der Waals surface area (Å²) in [6, 6.07) is 0. The summed E-state index contributed by atoms with van der Waals surface area (Å²) < 4.78 is 1.42. The van der Waals surface area contributed by atoms with Crippen LogP contribution in [0.25, 0.3) is 0 Å². The number of quaternary nitrogens is 1. The maximum absolute atomic E-state index is 2.59. The van der Waals surface area contributed by atoms with E-state index >= 15 is 0 Å². The molecule has 2 heterocycles. The van der Waals surface area contributed by atoms with Crippen LogP contribution in [0.1, 0.15) is 19.8 Å². The molecular formula is C9H19N2+. The quantitative estimate of drug-likeness (QED) is 0.508. The fourth-order valence-corrected chi connectivity index (χ4v) is 2.55. The summed E-state index contributed by atoms with van der Waals surface area (Å²) >= 11 is 0. The Morgan fingerprint density at radius 3 is 2.45 bits per heavy atom. The first-order chi connectivity index (χ1) is 5.35. The highest BCUT2D eigenvalue weighted by Gasteiger charge is 2.38. The fourth-order valence-electron chi connectivity index (χ4n) is 2.55. The highest BCUT2D eigenvalue weighted by molar-refractivity contribution is 4.64. The van der Waals surface area contributed by atoms with Gasteiger partial charge in [0.15, 0.2) is 0 Å². The summed E-state index contributed by atoms with van der Waals surface area (Å²) in [5.41, 5.74) is 0. The van der Waals surface area contributed by atoms with Crippen LogP contribution in [-0.4, -0.2) is 48.8 Å². The molecule has 2 rings (SSSR count). The van der Waals surface area contributed by atoms with E-state index in [9.17, 15) is 0 Å². The molecule has 0 radical (unpaired) electrons. The van der Waals surface area contributed by atoms with Gasteiger partial charge in [-0.25, -0.2) is 0 Å². The van der Waals surface area contributed by atoms with Gasteiger partial charge in [0.2, 0.25) is 0 Å². The highest BCUT2D eigenvalue weighted by atomic mass is 15.5. The van der Waals surface area contributed by atoms with Gasteiger partial charge in [-0.2, -0.15) is 0 Å². The van der Waals surface area contributed by atoms with E-state index in [0.29, 0.717) is 0 Å². The van der Waals surface area contributed by atoms with Crippen molar-refractivity contribution in [1.82, 2.24) is 4.90 Å². The summed E-state index contributed by atoms with van der Waals surface area (Å²) in [4.78, 5) is 2.59. The Labute approximate surface area is 69.4 Å². The van der Waals surface area contributed by atoms with Crippen molar-refractivity contribution in [3.8, 4) is 0 Å². The summed E-state index contributed by atoms with van der Waals surface area (Å²) in [5.74, 6) is 0. The number of hydrogen-bond donors (Lipinski definition) is 0. The summed E-state index contributed by atoms with van der Waals surface area (Å²) in [6.45, 7) is 10.5. The van der Waals surface area contributed by atoms with Gasteiger partial charge in [0.05, 0.1) is 26.2 Å². The van der Waals surface area contributed by atoms with Crippen LogP contribution >= 0.6 is 0 Å². The molecule has 0 atom stereocenters. The van der Waals surface area contributed by atoms with E-state index in [2.05, 4.69) is 11.8 Å². The van der Waals surface area contributed by atoms with Crippen molar-refractivity contribution in [3.05, 3.63) is 0 Å². The molecule has 0 aromatic rings. The molecule has 2 fully saturated rings. The predicted molar refractivity (Wildman–Crippen MR) is 46.2 cm³/mol. The topological polar surface area (TPSA) is 3.24 Å². The molecular weight excluding hydrogens is 136 g/mol. The van der Waals surface area contributed by atoms with Crippen LogP contribution in [0.3, 0.4) is 0 Å². The van der Waals surface area contributed by atoms with Crippen LogP contribution in [0.5, 0.6) is 0 Å². The fraction of sp³-hybridized carbons (Fsp3) is 1.00. The predicted octanol–water partition coefficient (Wildman–Crippen LogP) is 0.890. The van der Waals surface area contributed by atoms with E-state index in [1.807, 2.05) is 0 Å². The zero-order chi connectivity index (χ0) is 7.73. The largest absolute Gasteiger partial charge is 0.310 e. The Balaban J connectivity index is 1.96. The second-order valence-electron chi connectivity index (χ2n) is 4.07. The molecule has 0 N–H and O–H groups in total. The van der Waals surface area contributed by atoms with Crippen molar-refractivity contribution in [1.29, 1.82) is 0 Å². The lowest BCUT2D eigenvalue weighted by molar-refractivity contribution is -0.909. The number of nitrogens with zero attached hydrogens (tertiary/aromatic N) is 2. The first-order valence-electron chi connectivity index (χ1n) is 4.92. The lowest BCUT2D eigenvalue weighted by Crippen LogP contribution is -2.44. The minimum Gasteiger partial charge on any atom is -0.310 e. The second kappa shape index (κ2) is 2.76. The lowest BCUT2D eigenvalue weighted by Gasteiger charge is -2.28. The van der Waals surface area contributed by atoms with E-state index in [0.717, 1.165) is 0 Å². The minimum absolute atomic E-state index is 1.25. The average Bonchev–Trinajstić information content (AvgIpc) is 2.62. The Bertz CT molecular complexity index is 138. The summed E-state index contributed by atoms with van der Waals surface area (Å²) in [5, 5.41) is 0. The van der Waals surface area contributed by atoms with Gasteiger partial charge in [-0.3, -0.25) is 4.90 Å². The van der Waals surface area contributed by atoms with Crippen LogP contribution in [0.4, 0.5) is 0 Å². The molecule has 0 saturated carbocycles. The van der Waals surface area contributed by atoms with Crippen molar-refractivity contribution in [3.63, 3.8) is 0 Å². The molecule has 2 aliphatic rings. The maximum atomic E-state index is 2.59. The Kier molecular flexibility index (Phi) is 1.90. The Morgan fingerprint density at radius 2 is 1.91 bits per heavy atom. The van der Waals surface area contributed by atoms with Crippen molar-refractivity contribution in [2.24, 2.45) is 0 Å². The number of likely N-dealkylation sites (N-methyl/N-ethyl adjacent to an activating group) is 1. The average molecular weight is 155 g/mol. The van der Waals surface area contributed by atoms with Gasteiger partial charge >= 0.3 is 0 Å². The van der Waals surface area contributed by atoms with Gasteiger partial charge in [-0.05, 0) is 0 Å². The van der Waals surface area contributed by atoms with Gasteiger partial charge in [0, 0.05) is 19.4 Å². The molecule has 1 spiro atoms. The molecule has 2 heteroatoms. The van der Waals surface area contributed by atoms with E-state index in [-0.39, 0.29) is 0 Å². The van der Waals surface area contributed by atoms with E-state index in [1.54, 1.807) is 0 Å². The molecule has 0 bridgehead atoms. The molecule has 0 aromatic heterocycles. The van der Waals surface area contributed by atoms with Crippen LogP contribution in [0.15, 0.2) is 0 Å². The molecule has 0 aromatic carbocycles. The highest BCUT2D eigenvalue weighted by Crippen LogP contribution is 2.23. The van der Waals surface area contributed by atoms with E-state index in [4.69, 9.17) is 0 Å². The number of hydrogen-bond acceptors (Lipinski definition) is 1. The molecule has 2 nitrogen and oxygen atoms in total.